The molecule has 1 fully saturated rings. The number of aromatic nitrogens is 3. The maximum absolute atomic E-state index is 12.7. The number of anilines is 2. The predicted octanol–water partition coefficient (Wildman–Crippen LogP) is 3.61. The summed E-state index contributed by atoms with van der Waals surface area (Å²) in [5.41, 5.74) is 8.63. The van der Waals surface area contributed by atoms with Crippen molar-refractivity contribution in [2.75, 3.05) is 17.1 Å². The molecular weight excluding hydrogens is 466 g/mol. The third-order valence-electron chi connectivity index (χ3n) is 6.23. The largest absolute Gasteiger partial charge is 0.465 e. The number of nitrogens with two attached hydrogens (primary N) is 1. The number of fused-ring (bicyclic) bond motifs is 1. The van der Waals surface area contributed by atoms with Crippen LogP contribution in [0, 0.1) is 0 Å². The van der Waals surface area contributed by atoms with E-state index in [0.29, 0.717) is 47.7 Å². The number of nitrogens with one attached hydrogen (secondary N) is 1. The Bertz CT molecular complexity index is 1530. The summed E-state index contributed by atoms with van der Waals surface area (Å²) in [6.07, 6.45) is 1.33. The smallest absolute Gasteiger partial charge is 0.318 e. The van der Waals surface area contributed by atoms with Crippen LogP contribution in [-0.2, 0) is 32.0 Å². The van der Waals surface area contributed by atoms with Crippen molar-refractivity contribution in [3.05, 3.63) is 66.4 Å². The Morgan fingerprint density at radius 2 is 1.83 bits per heavy atom. The van der Waals surface area contributed by atoms with Gasteiger partial charge in [-0.05, 0) is 61.2 Å². The van der Waals surface area contributed by atoms with Gasteiger partial charge in [0.2, 0.25) is 0 Å². The normalized spacial score (nSPS) is 14.6. The third kappa shape index (κ3) is 3.99. The summed E-state index contributed by atoms with van der Waals surface area (Å²) >= 11 is 0. The number of rotatable bonds is 7. The number of aryl methyl sites for hydroxylation is 1. The molecule has 1 aliphatic carbocycles. The van der Waals surface area contributed by atoms with E-state index in [1.807, 2.05) is 6.07 Å². The van der Waals surface area contributed by atoms with Crippen molar-refractivity contribution in [3.63, 3.8) is 0 Å². The topological polar surface area (TPSA) is 129 Å². The van der Waals surface area contributed by atoms with E-state index in [1.165, 1.54) is 12.1 Å². The number of esters is 1. The number of nitrogen functional groups attached to an aromatic ring is 1. The fourth-order valence-corrected chi connectivity index (χ4v) is 5.32. The van der Waals surface area contributed by atoms with E-state index in [4.69, 9.17) is 15.5 Å². The Hall–Kier alpha value is -3.92. The number of benzene rings is 2. The average molecular weight is 492 g/mol. The zero-order valence-corrected chi connectivity index (χ0v) is 20.2. The van der Waals surface area contributed by atoms with E-state index in [9.17, 15) is 13.2 Å². The maximum Gasteiger partial charge on any atom is 0.318 e. The molecule has 4 aromatic rings. The van der Waals surface area contributed by atoms with Gasteiger partial charge in [-0.1, -0.05) is 30.3 Å². The fraction of sp³-hybridized carbons (Fsp3) is 0.240. The molecule has 1 aliphatic rings. The van der Waals surface area contributed by atoms with Crippen molar-refractivity contribution in [2.45, 2.75) is 30.1 Å². The lowest BCUT2D eigenvalue weighted by Gasteiger charge is -2.16. The predicted molar refractivity (Wildman–Crippen MR) is 133 cm³/mol. The number of ether oxygens (including phenoxy) is 1. The Morgan fingerprint density at radius 3 is 2.46 bits per heavy atom. The molecule has 0 bridgehead atoms. The number of carbonyl (C=O) groups excluding carboxylic acids is 1. The molecular formula is C25H25N5O4S. The van der Waals surface area contributed by atoms with Gasteiger partial charge in [-0.3, -0.25) is 9.52 Å². The second-order valence-electron chi connectivity index (χ2n) is 8.56. The standard InChI is InChI=1S/C25H25N5O4S/c1-3-34-24(31)25(13-14-25)20-15-19(21-22(26)28-30(2)23(21)27-20)16-9-11-17(12-10-16)29-35(32,33)18-7-5-4-6-8-18/h4-12,15,29H,3,13-14H2,1-2H3,(H2,26,28). The molecule has 180 valence electrons. The summed E-state index contributed by atoms with van der Waals surface area (Å²) in [4.78, 5) is 17.7. The first-order valence-corrected chi connectivity index (χ1v) is 12.7. The highest BCUT2D eigenvalue weighted by Gasteiger charge is 2.54. The lowest BCUT2D eigenvalue weighted by atomic mass is 9.95. The molecule has 35 heavy (non-hydrogen) atoms. The highest BCUT2D eigenvalue weighted by Crippen LogP contribution is 2.50. The monoisotopic (exact) mass is 491 g/mol. The number of pyridine rings is 1. The van der Waals surface area contributed by atoms with Crippen molar-refractivity contribution in [1.82, 2.24) is 14.8 Å². The first-order valence-electron chi connectivity index (χ1n) is 11.2. The highest BCUT2D eigenvalue weighted by molar-refractivity contribution is 7.92. The molecule has 5 rings (SSSR count). The van der Waals surface area contributed by atoms with Gasteiger partial charge in [0.1, 0.15) is 5.41 Å². The first-order chi connectivity index (χ1) is 16.7. The van der Waals surface area contributed by atoms with Crippen LogP contribution in [0.2, 0.25) is 0 Å². The molecule has 2 heterocycles. The summed E-state index contributed by atoms with van der Waals surface area (Å²) in [7, 11) is -1.95. The van der Waals surface area contributed by atoms with E-state index in [0.717, 1.165) is 11.1 Å². The van der Waals surface area contributed by atoms with Crippen LogP contribution in [0.25, 0.3) is 22.2 Å². The van der Waals surface area contributed by atoms with Gasteiger partial charge in [0.05, 0.1) is 22.6 Å². The first kappa shape index (κ1) is 22.9. The van der Waals surface area contributed by atoms with Gasteiger partial charge in [0.15, 0.2) is 11.5 Å². The lowest BCUT2D eigenvalue weighted by molar-refractivity contribution is -0.146. The number of nitrogens with zero attached hydrogens (tertiary/aromatic N) is 3. The van der Waals surface area contributed by atoms with Crippen LogP contribution in [0.1, 0.15) is 25.5 Å². The van der Waals surface area contributed by atoms with Crippen molar-refractivity contribution in [1.29, 1.82) is 0 Å². The molecule has 10 heteroatoms. The molecule has 2 aromatic heterocycles. The highest BCUT2D eigenvalue weighted by atomic mass is 32.2. The lowest BCUT2D eigenvalue weighted by Crippen LogP contribution is -2.24. The van der Waals surface area contributed by atoms with Crippen molar-refractivity contribution in [3.8, 4) is 11.1 Å². The Labute approximate surface area is 203 Å². The van der Waals surface area contributed by atoms with Gasteiger partial charge in [-0.15, -0.1) is 0 Å². The maximum atomic E-state index is 12.7. The van der Waals surface area contributed by atoms with Crippen LogP contribution in [0.3, 0.4) is 0 Å². The quantitative estimate of drug-likeness (QED) is 0.378. The third-order valence-corrected chi connectivity index (χ3v) is 7.63. The van der Waals surface area contributed by atoms with E-state index >= 15 is 0 Å². The number of hydrogen-bond acceptors (Lipinski definition) is 7. The SMILES string of the molecule is CCOC(=O)C1(c2cc(-c3ccc(NS(=O)(=O)c4ccccc4)cc3)c3c(N)nn(C)c3n2)CC1. The molecule has 9 nitrogen and oxygen atoms in total. The zero-order valence-electron chi connectivity index (χ0n) is 19.4. The zero-order chi connectivity index (χ0) is 24.8. The fourth-order valence-electron chi connectivity index (χ4n) is 4.24. The molecule has 0 aliphatic heterocycles. The summed E-state index contributed by atoms with van der Waals surface area (Å²) in [6.45, 7) is 2.08. The number of hydrogen-bond donors (Lipinski definition) is 2. The Morgan fingerprint density at radius 1 is 1.14 bits per heavy atom. The van der Waals surface area contributed by atoms with Gasteiger partial charge in [-0.2, -0.15) is 5.10 Å². The molecule has 0 atom stereocenters. The number of carbonyl (C=O) groups is 1. The van der Waals surface area contributed by atoms with Crippen LogP contribution >= 0.6 is 0 Å². The second kappa shape index (κ2) is 8.38. The molecule has 1 saturated carbocycles. The Kier molecular flexibility index (Phi) is 5.47. The second-order valence-corrected chi connectivity index (χ2v) is 10.2. The minimum Gasteiger partial charge on any atom is -0.465 e. The van der Waals surface area contributed by atoms with E-state index in [2.05, 4.69) is 9.82 Å². The molecule has 2 aromatic carbocycles. The molecule has 0 saturated heterocycles. The summed E-state index contributed by atoms with van der Waals surface area (Å²) in [5.74, 6) is 0.0463. The van der Waals surface area contributed by atoms with Gasteiger partial charge >= 0.3 is 5.97 Å². The molecule has 0 amide bonds. The van der Waals surface area contributed by atoms with Crippen LogP contribution in [-0.4, -0.2) is 35.8 Å². The molecule has 0 unspecified atom stereocenters. The van der Waals surface area contributed by atoms with Crippen LogP contribution in [0.4, 0.5) is 11.5 Å². The van der Waals surface area contributed by atoms with Gasteiger partial charge in [0, 0.05) is 12.7 Å². The molecule has 0 spiro atoms. The summed E-state index contributed by atoms with van der Waals surface area (Å²) < 4.78 is 34.9. The van der Waals surface area contributed by atoms with Crippen LogP contribution in [0.15, 0.2) is 65.6 Å². The van der Waals surface area contributed by atoms with Crippen molar-refractivity contribution < 1.29 is 17.9 Å². The van der Waals surface area contributed by atoms with Gasteiger partial charge < -0.3 is 10.5 Å². The van der Waals surface area contributed by atoms with Gasteiger partial charge in [-0.25, -0.2) is 18.1 Å². The van der Waals surface area contributed by atoms with Gasteiger partial charge in [0.25, 0.3) is 10.0 Å². The van der Waals surface area contributed by atoms with Crippen molar-refractivity contribution >= 4 is 38.5 Å². The minimum atomic E-state index is -3.71. The average Bonchev–Trinajstić information content (AvgIpc) is 3.61. The van der Waals surface area contributed by atoms with E-state index in [1.54, 1.807) is 61.1 Å². The van der Waals surface area contributed by atoms with Crippen LogP contribution < -0.4 is 10.5 Å². The van der Waals surface area contributed by atoms with E-state index < -0.39 is 15.4 Å². The molecule has 3 N–H and O–H groups in total. The number of sulfonamides is 1. The minimum absolute atomic E-state index is 0.182. The van der Waals surface area contributed by atoms with E-state index in [-0.39, 0.29) is 10.9 Å². The van der Waals surface area contributed by atoms with Crippen LogP contribution in [0.5, 0.6) is 0 Å². The summed E-state index contributed by atoms with van der Waals surface area (Å²) in [5, 5.41) is 5.00. The van der Waals surface area contributed by atoms with Crippen molar-refractivity contribution in [2.24, 2.45) is 7.05 Å². The molecule has 0 radical (unpaired) electrons. The summed E-state index contributed by atoms with van der Waals surface area (Å²) in [6, 6.07) is 17.0. The Balaban J connectivity index is 1.55.